The summed E-state index contributed by atoms with van der Waals surface area (Å²) in [6.07, 6.45) is 5.08. The first kappa shape index (κ1) is 20.3. The lowest BCUT2D eigenvalue weighted by molar-refractivity contribution is 0.0953. The molecule has 31 heavy (non-hydrogen) atoms. The van der Waals surface area contributed by atoms with Crippen LogP contribution in [0.15, 0.2) is 61.2 Å². The molecule has 2 aromatic carbocycles. The Balaban J connectivity index is 1.41. The van der Waals surface area contributed by atoms with Crippen molar-refractivity contribution < 1.29 is 9.53 Å². The first-order chi connectivity index (χ1) is 15.2. The van der Waals surface area contributed by atoms with Gasteiger partial charge in [0.2, 0.25) is 0 Å². The summed E-state index contributed by atoms with van der Waals surface area (Å²) in [5.74, 6) is 2.67. The molecular formula is C23H24N6O2. The number of hydrogen-bond donors (Lipinski definition) is 2. The van der Waals surface area contributed by atoms with Crippen molar-refractivity contribution in [3.63, 3.8) is 0 Å². The van der Waals surface area contributed by atoms with E-state index in [0.29, 0.717) is 36.8 Å². The van der Waals surface area contributed by atoms with Gasteiger partial charge in [-0.3, -0.25) is 9.36 Å². The van der Waals surface area contributed by atoms with E-state index in [9.17, 15) is 4.79 Å². The standard InChI is InChI=1S/C23H24N6O2/c1-3-31-19-9-8-17-6-4-5-7-18(17)22(19)23(30)26-11-10-25-20-14-21(28-15-27-20)29-13-12-24-16(29)2/h4-9,12-15H,3,10-11H2,1-2H3,(H,26,30)(H,25,27,28). The number of anilines is 1. The molecule has 0 saturated carbocycles. The molecule has 4 rings (SSSR count). The van der Waals surface area contributed by atoms with Gasteiger partial charge in [0.15, 0.2) is 0 Å². The first-order valence-corrected chi connectivity index (χ1v) is 10.2. The van der Waals surface area contributed by atoms with Gasteiger partial charge in [0.05, 0.1) is 12.2 Å². The molecule has 0 saturated heterocycles. The second-order valence-corrected chi connectivity index (χ2v) is 6.88. The van der Waals surface area contributed by atoms with Gasteiger partial charge in [-0.15, -0.1) is 0 Å². The van der Waals surface area contributed by atoms with E-state index in [2.05, 4.69) is 25.6 Å². The molecule has 0 atom stereocenters. The number of ether oxygens (including phenoxy) is 1. The average Bonchev–Trinajstić information content (AvgIpc) is 3.22. The van der Waals surface area contributed by atoms with Gasteiger partial charge < -0.3 is 15.4 Å². The average molecular weight is 416 g/mol. The van der Waals surface area contributed by atoms with E-state index < -0.39 is 0 Å². The molecule has 2 N–H and O–H groups in total. The van der Waals surface area contributed by atoms with Crippen LogP contribution >= 0.6 is 0 Å². The van der Waals surface area contributed by atoms with Crippen LogP contribution < -0.4 is 15.4 Å². The maximum Gasteiger partial charge on any atom is 0.255 e. The predicted molar refractivity (Wildman–Crippen MR) is 120 cm³/mol. The summed E-state index contributed by atoms with van der Waals surface area (Å²) in [4.78, 5) is 25.7. The number of benzene rings is 2. The van der Waals surface area contributed by atoms with E-state index in [1.807, 2.05) is 67.1 Å². The van der Waals surface area contributed by atoms with Crippen LogP contribution in [0.4, 0.5) is 5.82 Å². The second-order valence-electron chi connectivity index (χ2n) is 6.88. The smallest absolute Gasteiger partial charge is 0.255 e. The van der Waals surface area contributed by atoms with Crippen LogP contribution in [0, 0.1) is 6.92 Å². The van der Waals surface area contributed by atoms with Crippen molar-refractivity contribution in [2.45, 2.75) is 13.8 Å². The van der Waals surface area contributed by atoms with Crippen molar-refractivity contribution >= 4 is 22.5 Å². The lowest BCUT2D eigenvalue weighted by Crippen LogP contribution is -2.29. The van der Waals surface area contributed by atoms with Crippen LogP contribution in [0.1, 0.15) is 23.1 Å². The molecular weight excluding hydrogens is 392 g/mol. The number of aryl methyl sites for hydroxylation is 1. The van der Waals surface area contributed by atoms with E-state index in [1.54, 1.807) is 6.20 Å². The number of aromatic nitrogens is 4. The highest BCUT2D eigenvalue weighted by atomic mass is 16.5. The number of carbonyl (C=O) groups is 1. The molecule has 0 aliphatic rings. The van der Waals surface area contributed by atoms with Gasteiger partial charge in [-0.2, -0.15) is 0 Å². The molecule has 4 aromatic rings. The number of imidazole rings is 1. The molecule has 158 valence electrons. The molecule has 2 aromatic heterocycles. The fourth-order valence-electron chi connectivity index (χ4n) is 3.41. The van der Waals surface area contributed by atoms with Gasteiger partial charge >= 0.3 is 0 Å². The number of carbonyl (C=O) groups excluding carboxylic acids is 1. The molecule has 0 aliphatic carbocycles. The summed E-state index contributed by atoms with van der Waals surface area (Å²) in [7, 11) is 0. The molecule has 0 spiro atoms. The Morgan fingerprint density at radius 2 is 1.97 bits per heavy atom. The number of amides is 1. The molecule has 0 fully saturated rings. The van der Waals surface area contributed by atoms with Gasteiger partial charge in [-0.25, -0.2) is 15.0 Å². The van der Waals surface area contributed by atoms with E-state index >= 15 is 0 Å². The summed E-state index contributed by atoms with van der Waals surface area (Å²) in [5, 5.41) is 8.06. The number of nitrogens with zero attached hydrogens (tertiary/aromatic N) is 4. The number of hydrogen-bond acceptors (Lipinski definition) is 6. The summed E-state index contributed by atoms with van der Waals surface area (Å²) < 4.78 is 7.58. The number of fused-ring (bicyclic) bond motifs is 1. The summed E-state index contributed by atoms with van der Waals surface area (Å²) in [6.45, 7) is 5.25. The Morgan fingerprint density at radius 3 is 2.77 bits per heavy atom. The Hall–Kier alpha value is -3.94. The Bertz CT molecular complexity index is 1200. The van der Waals surface area contributed by atoms with Gasteiger partial charge in [0.25, 0.3) is 5.91 Å². The Labute approximate surface area is 180 Å². The maximum atomic E-state index is 13.0. The molecule has 8 heteroatoms. The van der Waals surface area contributed by atoms with Gasteiger partial charge in [-0.05, 0) is 30.7 Å². The van der Waals surface area contributed by atoms with Crippen molar-refractivity contribution in [3.05, 3.63) is 72.6 Å². The van der Waals surface area contributed by atoms with Crippen molar-refractivity contribution in [2.75, 3.05) is 25.0 Å². The normalized spacial score (nSPS) is 10.8. The third-order valence-corrected chi connectivity index (χ3v) is 4.86. The van der Waals surface area contributed by atoms with Gasteiger partial charge in [-0.1, -0.05) is 30.3 Å². The zero-order valence-electron chi connectivity index (χ0n) is 17.5. The number of rotatable bonds is 8. The van der Waals surface area contributed by atoms with Crippen LogP contribution in [-0.2, 0) is 0 Å². The second kappa shape index (κ2) is 9.25. The Kier molecular flexibility index (Phi) is 6.07. The molecule has 0 unspecified atom stereocenters. The lowest BCUT2D eigenvalue weighted by Gasteiger charge is -2.14. The van der Waals surface area contributed by atoms with Crippen LogP contribution in [-0.4, -0.2) is 45.1 Å². The summed E-state index contributed by atoms with van der Waals surface area (Å²) >= 11 is 0. The van der Waals surface area contributed by atoms with Crippen molar-refractivity contribution in [2.24, 2.45) is 0 Å². The molecule has 8 nitrogen and oxygen atoms in total. The van der Waals surface area contributed by atoms with Crippen LogP contribution in [0.3, 0.4) is 0 Å². The van der Waals surface area contributed by atoms with E-state index in [1.165, 1.54) is 6.33 Å². The van der Waals surface area contributed by atoms with E-state index in [4.69, 9.17) is 4.74 Å². The SMILES string of the molecule is CCOc1ccc2ccccc2c1C(=O)NCCNc1cc(-n2ccnc2C)ncn1. The molecule has 1 amide bonds. The highest BCUT2D eigenvalue weighted by Gasteiger charge is 2.16. The van der Waals surface area contributed by atoms with Crippen LogP contribution in [0.5, 0.6) is 5.75 Å². The maximum absolute atomic E-state index is 13.0. The largest absolute Gasteiger partial charge is 0.493 e. The van der Waals surface area contributed by atoms with Crippen molar-refractivity contribution in [1.82, 2.24) is 24.8 Å². The molecule has 2 heterocycles. The highest BCUT2D eigenvalue weighted by Crippen LogP contribution is 2.28. The van der Waals surface area contributed by atoms with E-state index in [0.717, 1.165) is 22.4 Å². The van der Waals surface area contributed by atoms with E-state index in [-0.39, 0.29) is 5.91 Å². The summed E-state index contributed by atoms with van der Waals surface area (Å²) in [6, 6.07) is 13.4. The zero-order chi connectivity index (χ0) is 21.6. The fourth-order valence-corrected chi connectivity index (χ4v) is 3.41. The minimum absolute atomic E-state index is 0.167. The lowest BCUT2D eigenvalue weighted by atomic mass is 10.0. The van der Waals surface area contributed by atoms with Gasteiger partial charge in [0.1, 0.15) is 29.5 Å². The first-order valence-electron chi connectivity index (χ1n) is 10.2. The van der Waals surface area contributed by atoms with Crippen molar-refractivity contribution in [3.8, 4) is 11.6 Å². The minimum atomic E-state index is -0.167. The molecule has 0 radical (unpaired) electrons. The van der Waals surface area contributed by atoms with Crippen LogP contribution in [0.2, 0.25) is 0 Å². The number of nitrogens with one attached hydrogen (secondary N) is 2. The molecule has 0 bridgehead atoms. The zero-order valence-corrected chi connectivity index (χ0v) is 17.5. The third-order valence-electron chi connectivity index (χ3n) is 4.86. The highest BCUT2D eigenvalue weighted by molar-refractivity contribution is 6.09. The predicted octanol–water partition coefficient (Wildman–Crippen LogP) is 3.36. The fraction of sp³-hybridized carbons (Fsp3) is 0.217. The molecule has 0 aliphatic heterocycles. The van der Waals surface area contributed by atoms with Crippen LogP contribution in [0.25, 0.3) is 16.6 Å². The van der Waals surface area contributed by atoms with Gasteiger partial charge in [0, 0.05) is 31.5 Å². The minimum Gasteiger partial charge on any atom is -0.493 e. The van der Waals surface area contributed by atoms with Crippen molar-refractivity contribution in [1.29, 1.82) is 0 Å². The quantitative estimate of drug-likeness (QED) is 0.428. The Morgan fingerprint density at radius 1 is 1.10 bits per heavy atom. The monoisotopic (exact) mass is 416 g/mol. The third kappa shape index (κ3) is 4.48. The topological polar surface area (TPSA) is 94.0 Å². The summed E-state index contributed by atoms with van der Waals surface area (Å²) in [5.41, 5.74) is 0.555.